The van der Waals surface area contributed by atoms with Crippen LogP contribution in [0.4, 0.5) is 0 Å². The number of halogens is 1. The Morgan fingerprint density at radius 2 is 1.66 bits per heavy atom. The number of imide groups is 1. The second kappa shape index (κ2) is 9.24. The number of amides is 2. The number of hydrogen-bond acceptors (Lipinski definition) is 5. The first-order valence-electron chi connectivity index (χ1n) is 10.0. The number of carbonyl (C=O) groups is 3. The Kier molecular flexibility index (Phi) is 6.23. The van der Waals surface area contributed by atoms with E-state index in [1.165, 1.54) is 23.1 Å². The molecule has 6 nitrogen and oxygen atoms in total. The van der Waals surface area contributed by atoms with Crippen molar-refractivity contribution in [1.29, 1.82) is 0 Å². The van der Waals surface area contributed by atoms with E-state index in [0.29, 0.717) is 17.0 Å². The molecule has 0 atom stereocenters. The van der Waals surface area contributed by atoms with E-state index in [4.69, 9.17) is 21.1 Å². The molecule has 7 heteroatoms. The van der Waals surface area contributed by atoms with Gasteiger partial charge in [-0.15, -0.1) is 0 Å². The lowest BCUT2D eigenvalue weighted by Gasteiger charge is -2.13. The highest BCUT2D eigenvalue weighted by Gasteiger charge is 2.35. The molecule has 3 aromatic carbocycles. The van der Waals surface area contributed by atoms with Gasteiger partial charge < -0.3 is 9.47 Å². The van der Waals surface area contributed by atoms with Crippen LogP contribution in [0.1, 0.15) is 42.2 Å². The van der Waals surface area contributed by atoms with Crippen LogP contribution in [-0.2, 0) is 17.8 Å². The molecule has 162 valence electrons. The zero-order valence-corrected chi connectivity index (χ0v) is 18.1. The fourth-order valence-electron chi connectivity index (χ4n) is 3.50. The number of rotatable bonds is 7. The highest BCUT2D eigenvalue weighted by Crippen LogP contribution is 2.25. The van der Waals surface area contributed by atoms with Crippen LogP contribution in [-0.4, -0.2) is 36.3 Å². The normalized spacial score (nSPS) is 12.6. The zero-order chi connectivity index (χ0) is 22.7. The van der Waals surface area contributed by atoms with Crippen LogP contribution >= 0.6 is 11.6 Å². The molecule has 1 aliphatic heterocycles. The average Bonchev–Trinajstić information content (AvgIpc) is 3.06. The van der Waals surface area contributed by atoms with Gasteiger partial charge in [-0.05, 0) is 48.4 Å². The van der Waals surface area contributed by atoms with Crippen LogP contribution in [0.15, 0.2) is 66.7 Å². The summed E-state index contributed by atoms with van der Waals surface area (Å²) in [5.74, 6) is -0.637. The number of carbonyl (C=O) groups excluding carboxylic acids is 3. The van der Waals surface area contributed by atoms with Gasteiger partial charge in [-0.2, -0.15) is 0 Å². The third kappa shape index (κ3) is 4.36. The van der Waals surface area contributed by atoms with Crippen LogP contribution < -0.4 is 4.74 Å². The molecular weight excluding hydrogens is 430 g/mol. The fourth-order valence-corrected chi connectivity index (χ4v) is 3.69. The number of nitrogens with zero attached hydrogens (tertiary/aromatic N) is 1. The number of hydrogen-bond donors (Lipinski definition) is 0. The monoisotopic (exact) mass is 449 g/mol. The molecule has 0 aromatic heterocycles. The van der Waals surface area contributed by atoms with Crippen LogP contribution in [0.5, 0.6) is 5.75 Å². The standard InChI is InChI=1S/C25H20ClNO5/c1-31-19-9-6-16(7-10-19)12-13-27-23(28)20-11-8-17(14-21(20)24(27)29)25(30)32-15-18-4-2-3-5-22(18)26/h2-11,14H,12-13,15H2,1H3. The highest BCUT2D eigenvalue weighted by atomic mass is 35.5. The van der Waals surface area contributed by atoms with Gasteiger partial charge in [0.25, 0.3) is 11.8 Å². The minimum absolute atomic E-state index is 0.0104. The summed E-state index contributed by atoms with van der Waals surface area (Å²) in [5.41, 5.74) is 2.35. The molecular formula is C25H20ClNO5. The van der Waals surface area contributed by atoms with E-state index >= 15 is 0 Å². The predicted octanol–water partition coefficient (Wildman–Crippen LogP) is 4.54. The summed E-state index contributed by atoms with van der Waals surface area (Å²) in [6.45, 7) is 0.251. The van der Waals surface area contributed by atoms with Gasteiger partial charge >= 0.3 is 5.97 Å². The second-order valence-corrected chi connectivity index (χ2v) is 7.70. The summed E-state index contributed by atoms with van der Waals surface area (Å²) in [7, 11) is 1.59. The van der Waals surface area contributed by atoms with Gasteiger partial charge in [0.1, 0.15) is 12.4 Å². The maximum atomic E-state index is 12.8. The Hall–Kier alpha value is -3.64. The first kappa shape index (κ1) is 21.6. The molecule has 32 heavy (non-hydrogen) atoms. The van der Waals surface area contributed by atoms with Crippen molar-refractivity contribution in [3.63, 3.8) is 0 Å². The molecule has 0 radical (unpaired) electrons. The molecule has 0 unspecified atom stereocenters. The minimum atomic E-state index is -0.593. The first-order chi connectivity index (χ1) is 15.5. The van der Waals surface area contributed by atoms with Gasteiger partial charge in [-0.25, -0.2) is 4.79 Å². The Bertz CT molecular complexity index is 1190. The molecule has 4 rings (SSSR count). The number of esters is 1. The molecule has 0 saturated heterocycles. The van der Waals surface area contributed by atoms with Crippen LogP contribution in [0.3, 0.4) is 0 Å². The molecule has 0 N–H and O–H groups in total. The average molecular weight is 450 g/mol. The third-order valence-electron chi connectivity index (χ3n) is 5.31. The van der Waals surface area contributed by atoms with Gasteiger partial charge in [-0.1, -0.05) is 41.9 Å². The Morgan fingerprint density at radius 3 is 2.38 bits per heavy atom. The van der Waals surface area contributed by atoms with Crippen molar-refractivity contribution >= 4 is 29.4 Å². The number of ether oxygens (including phenoxy) is 2. The maximum Gasteiger partial charge on any atom is 0.338 e. The largest absolute Gasteiger partial charge is 0.497 e. The molecule has 2 amide bonds. The lowest BCUT2D eigenvalue weighted by Crippen LogP contribution is -2.31. The van der Waals surface area contributed by atoms with Crippen molar-refractivity contribution in [2.24, 2.45) is 0 Å². The van der Waals surface area contributed by atoms with Crippen LogP contribution in [0.2, 0.25) is 5.02 Å². The molecule has 0 saturated carbocycles. The van der Waals surface area contributed by atoms with E-state index in [9.17, 15) is 14.4 Å². The topological polar surface area (TPSA) is 72.9 Å². The van der Waals surface area contributed by atoms with E-state index in [0.717, 1.165) is 11.3 Å². The molecule has 0 bridgehead atoms. The van der Waals surface area contributed by atoms with Crippen molar-refractivity contribution in [3.8, 4) is 5.75 Å². The van der Waals surface area contributed by atoms with E-state index in [1.54, 1.807) is 31.4 Å². The predicted molar refractivity (Wildman–Crippen MR) is 119 cm³/mol. The van der Waals surface area contributed by atoms with Crippen molar-refractivity contribution in [2.75, 3.05) is 13.7 Å². The minimum Gasteiger partial charge on any atom is -0.497 e. The Balaban J connectivity index is 1.43. The third-order valence-corrected chi connectivity index (χ3v) is 5.67. The van der Waals surface area contributed by atoms with E-state index in [-0.39, 0.29) is 35.7 Å². The van der Waals surface area contributed by atoms with Crippen LogP contribution in [0, 0.1) is 0 Å². The SMILES string of the molecule is COc1ccc(CCN2C(=O)c3ccc(C(=O)OCc4ccccc4Cl)cc3C2=O)cc1. The summed E-state index contributed by atoms with van der Waals surface area (Å²) in [4.78, 5) is 39.2. The maximum absolute atomic E-state index is 12.8. The van der Waals surface area contributed by atoms with Crippen molar-refractivity contribution < 1.29 is 23.9 Å². The number of methoxy groups -OCH3 is 1. The number of benzene rings is 3. The Labute approximate surface area is 190 Å². The summed E-state index contributed by atoms with van der Waals surface area (Å²) < 4.78 is 10.5. The van der Waals surface area contributed by atoms with Crippen molar-refractivity contribution in [3.05, 3.63) is 99.6 Å². The van der Waals surface area contributed by atoms with Crippen LogP contribution in [0.25, 0.3) is 0 Å². The van der Waals surface area contributed by atoms with E-state index in [1.807, 2.05) is 24.3 Å². The van der Waals surface area contributed by atoms with Crippen molar-refractivity contribution in [2.45, 2.75) is 13.0 Å². The van der Waals surface area contributed by atoms with E-state index in [2.05, 4.69) is 0 Å². The second-order valence-electron chi connectivity index (χ2n) is 7.29. The van der Waals surface area contributed by atoms with Gasteiger partial charge in [0.2, 0.25) is 0 Å². The van der Waals surface area contributed by atoms with E-state index < -0.39 is 11.9 Å². The van der Waals surface area contributed by atoms with Gasteiger partial charge in [0, 0.05) is 17.1 Å². The molecule has 0 fully saturated rings. The summed E-state index contributed by atoms with van der Waals surface area (Å²) in [6.07, 6.45) is 0.516. The lowest BCUT2D eigenvalue weighted by molar-refractivity contribution is 0.0472. The summed E-state index contributed by atoms with van der Waals surface area (Å²) in [5, 5.41) is 0.502. The van der Waals surface area contributed by atoms with Gasteiger partial charge in [-0.3, -0.25) is 14.5 Å². The quantitative estimate of drug-likeness (QED) is 0.391. The molecule has 0 spiro atoms. The first-order valence-corrected chi connectivity index (χ1v) is 10.4. The highest BCUT2D eigenvalue weighted by molar-refractivity contribution is 6.31. The lowest BCUT2D eigenvalue weighted by atomic mass is 10.1. The summed E-state index contributed by atoms with van der Waals surface area (Å²) in [6, 6.07) is 18.9. The van der Waals surface area contributed by atoms with Gasteiger partial charge in [0.05, 0.1) is 23.8 Å². The Morgan fingerprint density at radius 1 is 0.938 bits per heavy atom. The van der Waals surface area contributed by atoms with Gasteiger partial charge in [0.15, 0.2) is 0 Å². The zero-order valence-electron chi connectivity index (χ0n) is 17.3. The molecule has 0 aliphatic carbocycles. The van der Waals surface area contributed by atoms with Crippen molar-refractivity contribution in [1.82, 2.24) is 4.90 Å². The molecule has 3 aromatic rings. The molecule has 1 aliphatic rings. The fraction of sp³-hybridized carbons (Fsp3) is 0.160. The smallest absolute Gasteiger partial charge is 0.338 e. The number of fused-ring (bicyclic) bond motifs is 1. The molecule has 1 heterocycles. The summed E-state index contributed by atoms with van der Waals surface area (Å²) >= 11 is 6.09.